The minimum absolute atomic E-state index is 0.674. The third-order valence-corrected chi connectivity index (χ3v) is 2.64. The first-order valence-corrected chi connectivity index (χ1v) is 5.45. The SMILES string of the molecule is c1cnc2[nH]cc(CNCc3ccno3)c2c1. The zero-order valence-electron chi connectivity index (χ0n) is 9.18. The van der Waals surface area contributed by atoms with Gasteiger partial charge in [-0.05, 0) is 17.7 Å². The van der Waals surface area contributed by atoms with Crippen molar-refractivity contribution < 1.29 is 4.52 Å². The van der Waals surface area contributed by atoms with E-state index >= 15 is 0 Å². The molecule has 2 N–H and O–H groups in total. The molecule has 5 nitrogen and oxygen atoms in total. The largest absolute Gasteiger partial charge is 0.360 e. The summed E-state index contributed by atoms with van der Waals surface area (Å²) in [6.07, 6.45) is 5.40. The number of H-pyrrole nitrogens is 1. The van der Waals surface area contributed by atoms with Crippen LogP contribution in [0.3, 0.4) is 0 Å². The van der Waals surface area contributed by atoms with Crippen molar-refractivity contribution in [3.63, 3.8) is 0 Å². The predicted molar refractivity (Wildman–Crippen MR) is 63.1 cm³/mol. The molecule has 0 saturated heterocycles. The molecule has 0 radical (unpaired) electrons. The molecule has 0 aliphatic carbocycles. The Morgan fingerprint density at radius 1 is 1.24 bits per heavy atom. The normalized spacial score (nSPS) is 11.1. The Morgan fingerprint density at radius 2 is 2.24 bits per heavy atom. The molecule has 0 spiro atoms. The highest BCUT2D eigenvalue weighted by atomic mass is 16.5. The molecule has 0 unspecified atom stereocenters. The van der Waals surface area contributed by atoms with Crippen LogP contribution in [0, 0.1) is 0 Å². The van der Waals surface area contributed by atoms with Crippen LogP contribution in [-0.2, 0) is 13.1 Å². The number of fused-ring (bicyclic) bond motifs is 1. The molecule has 0 aliphatic rings. The van der Waals surface area contributed by atoms with E-state index in [4.69, 9.17) is 4.52 Å². The lowest BCUT2D eigenvalue weighted by molar-refractivity contribution is 0.373. The van der Waals surface area contributed by atoms with E-state index in [0.29, 0.717) is 6.54 Å². The Balaban J connectivity index is 1.69. The maximum absolute atomic E-state index is 5.01. The maximum atomic E-state index is 5.01. The predicted octanol–water partition coefficient (Wildman–Crippen LogP) is 1.84. The van der Waals surface area contributed by atoms with Gasteiger partial charge in [-0.3, -0.25) is 0 Å². The fraction of sp³-hybridized carbons (Fsp3) is 0.167. The van der Waals surface area contributed by atoms with Gasteiger partial charge in [-0.2, -0.15) is 0 Å². The monoisotopic (exact) mass is 228 g/mol. The fourth-order valence-corrected chi connectivity index (χ4v) is 1.81. The van der Waals surface area contributed by atoms with Crippen LogP contribution < -0.4 is 5.32 Å². The average Bonchev–Trinajstić information content (AvgIpc) is 2.99. The number of pyridine rings is 1. The Hall–Kier alpha value is -2.14. The first-order chi connectivity index (χ1) is 8.43. The summed E-state index contributed by atoms with van der Waals surface area (Å²) in [6.45, 7) is 1.44. The van der Waals surface area contributed by atoms with E-state index in [1.807, 2.05) is 18.3 Å². The number of hydrogen-bond donors (Lipinski definition) is 2. The summed E-state index contributed by atoms with van der Waals surface area (Å²) in [5.74, 6) is 0.836. The van der Waals surface area contributed by atoms with Crippen molar-refractivity contribution in [2.45, 2.75) is 13.1 Å². The van der Waals surface area contributed by atoms with Gasteiger partial charge >= 0.3 is 0 Å². The molecule has 17 heavy (non-hydrogen) atoms. The molecule has 0 amide bonds. The summed E-state index contributed by atoms with van der Waals surface area (Å²) in [7, 11) is 0. The fourth-order valence-electron chi connectivity index (χ4n) is 1.81. The van der Waals surface area contributed by atoms with Crippen LogP contribution in [0.5, 0.6) is 0 Å². The Morgan fingerprint density at radius 3 is 3.12 bits per heavy atom. The van der Waals surface area contributed by atoms with Gasteiger partial charge in [-0.15, -0.1) is 0 Å². The number of nitrogens with zero attached hydrogens (tertiary/aromatic N) is 2. The molecule has 5 heteroatoms. The lowest BCUT2D eigenvalue weighted by Gasteiger charge is -2.00. The minimum Gasteiger partial charge on any atom is -0.360 e. The van der Waals surface area contributed by atoms with Crippen molar-refractivity contribution in [3.8, 4) is 0 Å². The molecule has 0 aromatic carbocycles. The number of hydrogen-bond acceptors (Lipinski definition) is 4. The molecular formula is C12H12N4O. The Bertz CT molecular complexity index is 600. The van der Waals surface area contributed by atoms with E-state index < -0.39 is 0 Å². The summed E-state index contributed by atoms with van der Waals surface area (Å²) >= 11 is 0. The second-order valence-corrected chi connectivity index (χ2v) is 3.80. The second-order valence-electron chi connectivity index (χ2n) is 3.80. The molecule has 3 rings (SSSR count). The van der Waals surface area contributed by atoms with E-state index in [0.717, 1.165) is 23.3 Å². The summed E-state index contributed by atoms with van der Waals surface area (Å²) in [5, 5.41) is 8.11. The number of aromatic amines is 1. The molecule has 0 bridgehead atoms. The quantitative estimate of drug-likeness (QED) is 0.715. The third-order valence-electron chi connectivity index (χ3n) is 2.64. The molecular weight excluding hydrogens is 216 g/mol. The van der Waals surface area contributed by atoms with Crippen molar-refractivity contribution >= 4 is 11.0 Å². The minimum atomic E-state index is 0.674. The molecule has 3 heterocycles. The van der Waals surface area contributed by atoms with Crippen LogP contribution >= 0.6 is 0 Å². The molecule has 3 aromatic rings. The molecule has 0 atom stereocenters. The average molecular weight is 228 g/mol. The summed E-state index contributed by atoms with van der Waals surface area (Å²) in [6, 6.07) is 5.85. The van der Waals surface area contributed by atoms with E-state index in [2.05, 4.69) is 26.5 Å². The standard InChI is InChI=1S/C12H12N4O/c1-2-11-9(7-15-12(11)14-4-1)6-13-8-10-3-5-16-17-10/h1-5,7,13H,6,8H2,(H,14,15). The van der Waals surface area contributed by atoms with E-state index in [1.54, 1.807) is 12.4 Å². The maximum Gasteiger partial charge on any atom is 0.150 e. The van der Waals surface area contributed by atoms with E-state index in [9.17, 15) is 0 Å². The molecule has 3 aromatic heterocycles. The summed E-state index contributed by atoms with van der Waals surface area (Å²) in [4.78, 5) is 7.39. The van der Waals surface area contributed by atoms with Crippen molar-refractivity contribution in [1.82, 2.24) is 20.4 Å². The Kier molecular flexibility index (Phi) is 2.59. The van der Waals surface area contributed by atoms with Gasteiger partial charge in [0.1, 0.15) is 11.4 Å². The van der Waals surface area contributed by atoms with Crippen molar-refractivity contribution in [2.24, 2.45) is 0 Å². The van der Waals surface area contributed by atoms with Gasteiger partial charge in [-0.25, -0.2) is 4.98 Å². The molecule has 0 fully saturated rings. The smallest absolute Gasteiger partial charge is 0.150 e. The molecule has 0 aliphatic heterocycles. The number of nitrogens with one attached hydrogen (secondary N) is 2. The van der Waals surface area contributed by atoms with Crippen LogP contribution in [-0.4, -0.2) is 15.1 Å². The van der Waals surface area contributed by atoms with Crippen molar-refractivity contribution in [3.05, 3.63) is 48.1 Å². The number of aromatic nitrogens is 3. The van der Waals surface area contributed by atoms with Crippen LogP contribution in [0.2, 0.25) is 0 Å². The topological polar surface area (TPSA) is 66.7 Å². The van der Waals surface area contributed by atoms with Gasteiger partial charge < -0.3 is 14.8 Å². The highest BCUT2D eigenvalue weighted by Crippen LogP contribution is 2.15. The zero-order chi connectivity index (χ0) is 11.5. The second kappa shape index (κ2) is 4.39. The lowest BCUT2D eigenvalue weighted by atomic mass is 10.2. The Labute approximate surface area is 97.8 Å². The van der Waals surface area contributed by atoms with Crippen molar-refractivity contribution in [1.29, 1.82) is 0 Å². The first-order valence-electron chi connectivity index (χ1n) is 5.45. The van der Waals surface area contributed by atoms with Gasteiger partial charge in [-0.1, -0.05) is 5.16 Å². The highest BCUT2D eigenvalue weighted by molar-refractivity contribution is 5.79. The summed E-state index contributed by atoms with van der Waals surface area (Å²) in [5.41, 5.74) is 2.12. The van der Waals surface area contributed by atoms with Crippen LogP contribution in [0.4, 0.5) is 0 Å². The lowest BCUT2D eigenvalue weighted by Crippen LogP contribution is -2.11. The van der Waals surface area contributed by atoms with Gasteiger partial charge in [0, 0.05) is 30.4 Å². The van der Waals surface area contributed by atoms with Crippen LogP contribution in [0.25, 0.3) is 11.0 Å². The number of rotatable bonds is 4. The molecule has 86 valence electrons. The zero-order valence-corrected chi connectivity index (χ0v) is 9.18. The van der Waals surface area contributed by atoms with Crippen molar-refractivity contribution in [2.75, 3.05) is 0 Å². The highest BCUT2D eigenvalue weighted by Gasteiger charge is 2.03. The van der Waals surface area contributed by atoms with Gasteiger partial charge in [0.2, 0.25) is 0 Å². The van der Waals surface area contributed by atoms with Gasteiger partial charge in [0.05, 0.1) is 12.7 Å². The first kappa shape index (κ1) is 10.0. The van der Waals surface area contributed by atoms with E-state index in [1.165, 1.54) is 5.56 Å². The molecule has 0 saturated carbocycles. The summed E-state index contributed by atoms with van der Waals surface area (Å²) < 4.78 is 5.01. The van der Waals surface area contributed by atoms with E-state index in [-0.39, 0.29) is 0 Å². The third kappa shape index (κ3) is 2.05. The van der Waals surface area contributed by atoms with Gasteiger partial charge in [0.25, 0.3) is 0 Å². The van der Waals surface area contributed by atoms with Gasteiger partial charge in [0.15, 0.2) is 0 Å². The van der Waals surface area contributed by atoms with Crippen LogP contribution in [0.1, 0.15) is 11.3 Å². The van der Waals surface area contributed by atoms with Crippen LogP contribution in [0.15, 0.2) is 41.3 Å².